The molecule has 102 valence electrons. The molecule has 1 unspecified atom stereocenters. The third-order valence-electron chi connectivity index (χ3n) is 3.50. The molecule has 1 aromatic carbocycles. The maximum Gasteiger partial charge on any atom is 0.244 e. The molecule has 1 aliphatic carbocycles. The average Bonchev–Trinajstić information content (AvgIpc) is 3.06. The average molecular weight is 268 g/mol. The minimum absolute atomic E-state index is 0.0688. The highest BCUT2D eigenvalue weighted by Crippen LogP contribution is 2.32. The molecule has 3 N–H and O–H groups in total. The molecule has 0 radical (unpaired) electrons. The summed E-state index contributed by atoms with van der Waals surface area (Å²) in [6.07, 6.45) is 6.60. The highest BCUT2D eigenvalue weighted by atomic mass is 16.3. The Labute approximate surface area is 117 Å². The Bertz CT molecular complexity index is 645. The van der Waals surface area contributed by atoms with Gasteiger partial charge in [0.25, 0.3) is 0 Å². The van der Waals surface area contributed by atoms with Crippen LogP contribution in [0, 0.1) is 0 Å². The summed E-state index contributed by atoms with van der Waals surface area (Å²) in [5, 5.41) is 3.01. The van der Waals surface area contributed by atoms with Crippen LogP contribution in [0.25, 0.3) is 6.08 Å². The number of aryl methyl sites for hydroxylation is 1. The first-order valence-corrected chi connectivity index (χ1v) is 6.63. The van der Waals surface area contributed by atoms with Crippen LogP contribution in [0.4, 0.5) is 5.69 Å². The smallest absolute Gasteiger partial charge is 0.244 e. The number of rotatable bonds is 3. The van der Waals surface area contributed by atoms with Crippen LogP contribution in [0.3, 0.4) is 0 Å². The van der Waals surface area contributed by atoms with Crippen LogP contribution in [-0.4, -0.2) is 5.91 Å². The van der Waals surface area contributed by atoms with Crippen LogP contribution in [-0.2, 0) is 11.2 Å². The number of carbonyl (C=O) groups excluding carboxylic acids is 1. The number of nitrogens with one attached hydrogen (secondary N) is 1. The number of nitrogen functional groups attached to an aromatic ring is 1. The lowest BCUT2D eigenvalue weighted by molar-refractivity contribution is -0.117. The van der Waals surface area contributed by atoms with Gasteiger partial charge in [-0.15, -0.1) is 0 Å². The molecule has 1 aliphatic rings. The molecule has 4 heteroatoms. The Morgan fingerprint density at radius 3 is 3.10 bits per heavy atom. The second-order valence-corrected chi connectivity index (χ2v) is 4.91. The number of anilines is 1. The molecule has 1 atom stereocenters. The zero-order valence-electron chi connectivity index (χ0n) is 11.0. The van der Waals surface area contributed by atoms with Crippen LogP contribution in [0.15, 0.2) is 47.1 Å². The molecular weight excluding hydrogens is 252 g/mol. The molecule has 20 heavy (non-hydrogen) atoms. The molecule has 3 rings (SSSR count). The lowest BCUT2D eigenvalue weighted by Gasteiger charge is -2.12. The standard InChI is InChI=1S/C16H16N2O2/c17-12-4-6-14-11(10-12)3-7-15(14)18-16(19)8-5-13-2-1-9-20-13/h1-2,4-6,8-10,15H,3,7,17H2,(H,18,19). The summed E-state index contributed by atoms with van der Waals surface area (Å²) >= 11 is 0. The van der Waals surface area contributed by atoms with Gasteiger partial charge >= 0.3 is 0 Å². The normalized spacial score (nSPS) is 17.3. The first-order valence-electron chi connectivity index (χ1n) is 6.63. The molecule has 2 aromatic rings. The summed E-state index contributed by atoms with van der Waals surface area (Å²) in [6, 6.07) is 9.52. The second kappa shape index (κ2) is 5.25. The Hall–Kier alpha value is -2.49. The van der Waals surface area contributed by atoms with Crippen LogP contribution in [0.1, 0.15) is 29.3 Å². The number of fused-ring (bicyclic) bond motifs is 1. The minimum atomic E-state index is -0.115. The van der Waals surface area contributed by atoms with Gasteiger partial charge < -0.3 is 15.5 Å². The Kier molecular flexibility index (Phi) is 3.29. The number of nitrogens with two attached hydrogens (primary N) is 1. The quantitative estimate of drug-likeness (QED) is 0.664. The van der Waals surface area contributed by atoms with E-state index in [0.29, 0.717) is 5.76 Å². The van der Waals surface area contributed by atoms with Crippen molar-refractivity contribution in [2.45, 2.75) is 18.9 Å². The highest BCUT2D eigenvalue weighted by molar-refractivity contribution is 5.91. The molecule has 4 nitrogen and oxygen atoms in total. The summed E-state index contributed by atoms with van der Waals surface area (Å²) in [5.74, 6) is 0.552. The summed E-state index contributed by atoms with van der Waals surface area (Å²) in [5.41, 5.74) is 8.94. The maximum atomic E-state index is 11.9. The minimum Gasteiger partial charge on any atom is -0.465 e. The van der Waals surface area contributed by atoms with Gasteiger partial charge in [-0.1, -0.05) is 6.07 Å². The molecule has 0 aliphatic heterocycles. The predicted molar refractivity (Wildman–Crippen MR) is 77.8 cm³/mol. The first kappa shape index (κ1) is 12.5. The molecule has 1 heterocycles. The van der Waals surface area contributed by atoms with E-state index in [0.717, 1.165) is 18.5 Å². The molecule has 0 saturated heterocycles. The molecule has 0 bridgehead atoms. The van der Waals surface area contributed by atoms with Gasteiger partial charge in [0.15, 0.2) is 0 Å². The van der Waals surface area contributed by atoms with Gasteiger partial charge in [-0.2, -0.15) is 0 Å². The fourth-order valence-electron chi connectivity index (χ4n) is 2.55. The van der Waals surface area contributed by atoms with E-state index < -0.39 is 0 Å². The van der Waals surface area contributed by atoms with Crippen molar-refractivity contribution in [3.05, 3.63) is 59.6 Å². The SMILES string of the molecule is Nc1ccc2c(c1)CCC2NC(=O)C=Cc1ccco1. The van der Waals surface area contributed by atoms with E-state index in [1.54, 1.807) is 24.5 Å². The summed E-state index contributed by atoms with van der Waals surface area (Å²) < 4.78 is 5.14. The van der Waals surface area contributed by atoms with Gasteiger partial charge in [-0.05, 0) is 54.3 Å². The fourth-order valence-corrected chi connectivity index (χ4v) is 2.55. The van der Waals surface area contributed by atoms with Gasteiger partial charge in [-0.25, -0.2) is 0 Å². The zero-order chi connectivity index (χ0) is 13.9. The Balaban J connectivity index is 1.66. The topological polar surface area (TPSA) is 68.3 Å². The van der Waals surface area contributed by atoms with Crippen molar-refractivity contribution in [2.24, 2.45) is 0 Å². The van der Waals surface area contributed by atoms with Gasteiger partial charge in [0, 0.05) is 11.8 Å². The molecule has 0 fully saturated rings. The van der Waals surface area contributed by atoms with Gasteiger partial charge in [0.05, 0.1) is 12.3 Å². The number of benzene rings is 1. The van der Waals surface area contributed by atoms with Gasteiger partial charge in [-0.3, -0.25) is 4.79 Å². The lowest BCUT2D eigenvalue weighted by atomic mass is 10.1. The third-order valence-corrected chi connectivity index (χ3v) is 3.50. The predicted octanol–water partition coefficient (Wildman–Crippen LogP) is 2.68. The van der Waals surface area contributed by atoms with E-state index in [1.165, 1.54) is 17.2 Å². The summed E-state index contributed by atoms with van der Waals surface area (Å²) in [6.45, 7) is 0. The number of amides is 1. The van der Waals surface area contributed by atoms with E-state index >= 15 is 0 Å². The van der Waals surface area contributed by atoms with Crippen LogP contribution < -0.4 is 11.1 Å². The van der Waals surface area contributed by atoms with E-state index in [1.807, 2.05) is 18.2 Å². The zero-order valence-corrected chi connectivity index (χ0v) is 11.0. The number of hydrogen-bond acceptors (Lipinski definition) is 3. The molecule has 0 spiro atoms. The first-order chi connectivity index (χ1) is 9.72. The Morgan fingerprint density at radius 1 is 1.40 bits per heavy atom. The Morgan fingerprint density at radius 2 is 2.30 bits per heavy atom. The van der Waals surface area contributed by atoms with E-state index in [-0.39, 0.29) is 11.9 Å². The monoisotopic (exact) mass is 268 g/mol. The number of hydrogen-bond donors (Lipinski definition) is 2. The molecule has 1 aromatic heterocycles. The van der Waals surface area contributed by atoms with Crippen molar-refractivity contribution in [3.8, 4) is 0 Å². The highest BCUT2D eigenvalue weighted by Gasteiger charge is 2.23. The fraction of sp³-hybridized carbons (Fsp3) is 0.188. The number of furan rings is 1. The van der Waals surface area contributed by atoms with Crippen molar-refractivity contribution in [1.82, 2.24) is 5.32 Å². The van der Waals surface area contributed by atoms with E-state index in [2.05, 4.69) is 5.32 Å². The number of carbonyl (C=O) groups is 1. The van der Waals surface area contributed by atoms with Gasteiger partial charge in [0.1, 0.15) is 5.76 Å². The molecule has 1 amide bonds. The van der Waals surface area contributed by atoms with Crippen molar-refractivity contribution < 1.29 is 9.21 Å². The van der Waals surface area contributed by atoms with Crippen LogP contribution in [0.5, 0.6) is 0 Å². The second-order valence-electron chi connectivity index (χ2n) is 4.91. The summed E-state index contributed by atoms with van der Waals surface area (Å²) in [7, 11) is 0. The van der Waals surface area contributed by atoms with Crippen LogP contribution in [0.2, 0.25) is 0 Å². The molecular formula is C16H16N2O2. The van der Waals surface area contributed by atoms with Crippen molar-refractivity contribution >= 4 is 17.7 Å². The van der Waals surface area contributed by atoms with Crippen molar-refractivity contribution in [1.29, 1.82) is 0 Å². The largest absolute Gasteiger partial charge is 0.465 e. The van der Waals surface area contributed by atoms with E-state index in [9.17, 15) is 4.79 Å². The summed E-state index contributed by atoms with van der Waals surface area (Å²) in [4.78, 5) is 11.9. The van der Waals surface area contributed by atoms with Crippen molar-refractivity contribution in [2.75, 3.05) is 5.73 Å². The van der Waals surface area contributed by atoms with Crippen molar-refractivity contribution in [3.63, 3.8) is 0 Å². The maximum absolute atomic E-state index is 11.9. The van der Waals surface area contributed by atoms with Gasteiger partial charge in [0.2, 0.25) is 5.91 Å². The van der Waals surface area contributed by atoms with E-state index in [4.69, 9.17) is 10.2 Å². The molecule has 0 saturated carbocycles. The third kappa shape index (κ3) is 2.59. The lowest BCUT2D eigenvalue weighted by Crippen LogP contribution is -2.25. The van der Waals surface area contributed by atoms with Crippen LogP contribution >= 0.6 is 0 Å².